The molecule has 0 aromatic rings. The van der Waals surface area contributed by atoms with Crippen molar-refractivity contribution in [3.8, 4) is 0 Å². The lowest BCUT2D eigenvalue weighted by Gasteiger charge is -2.43. The maximum atomic E-state index is 9.28. The van der Waals surface area contributed by atoms with Gasteiger partial charge in [-0.25, -0.2) is 0 Å². The molecule has 0 aromatic carbocycles. The van der Waals surface area contributed by atoms with Gasteiger partial charge >= 0.3 is 0 Å². The lowest BCUT2D eigenvalue weighted by Crippen LogP contribution is -2.56. The highest BCUT2D eigenvalue weighted by Crippen LogP contribution is 2.38. The van der Waals surface area contributed by atoms with Crippen molar-refractivity contribution in [1.29, 1.82) is 0 Å². The van der Waals surface area contributed by atoms with Gasteiger partial charge < -0.3 is 15.5 Å². The van der Waals surface area contributed by atoms with Gasteiger partial charge in [0, 0.05) is 6.04 Å². The molecule has 0 aromatic heterocycles. The summed E-state index contributed by atoms with van der Waals surface area (Å²) in [4.78, 5) is 0. The van der Waals surface area contributed by atoms with Gasteiger partial charge in [0.05, 0.1) is 18.8 Å². The van der Waals surface area contributed by atoms with Crippen LogP contribution in [0.1, 0.15) is 47.0 Å². The van der Waals surface area contributed by atoms with Crippen molar-refractivity contribution in [3.63, 3.8) is 0 Å². The normalized spacial score (nSPS) is 30.4. The molecule has 0 saturated heterocycles. The second-order valence-electron chi connectivity index (χ2n) is 6.51. The van der Waals surface area contributed by atoms with Crippen LogP contribution in [0.5, 0.6) is 0 Å². The summed E-state index contributed by atoms with van der Waals surface area (Å²) in [6, 6.07) is 0.414. The Hall–Kier alpha value is -0.120. The summed E-state index contributed by atoms with van der Waals surface area (Å²) in [6.07, 6.45) is 3.54. The molecule has 0 aliphatic heterocycles. The smallest absolute Gasteiger partial charge is 0.0633 e. The van der Waals surface area contributed by atoms with Crippen LogP contribution in [-0.2, 0) is 0 Å². The number of rotatable bonds is 4. The van der Waals surface area contributed by atoms with E-state index in [-0.39, 0.29) is 13.2 Å². The molecule has 0 radical (unpaired) electrons. The maximum Gasteiger partial charge on any atom is 0.0633 e. The van der Waals surface area contributed by atoms with E-state index in [1.54, 1.807) is 0 Å². The zero-order valence-corrected chi connectivity index (χ0v) is 11.1. The number of nitrogens with one attached hydrogen (secondary N) is 1. The highest BCUT2D eigenvalue weighted by atomic mass is 16.3. The average Bonchev–Trinajstić information content (AvgIpc) is 2.21. The summed E-state index contributed by atoms with van der Waals surface area (Å²) < 4.78 is 0. The van der Waals surface area contributed by atoms with Crippen LogP contribution < -0.4 is 5.32 Å². The van der Waals surface area contributed by atoms with Crippen LogP contribution >= 0.6 is 0 Å². The summed E-state index contributed by atoms with van der Waals surface area (Å²) in [6.45, 7) is 8.73. The fourth-order valence-electron chi connectivity index (χ4n) is 2.75. The van der Waals surface area contributed by atoms with E-state index in [9.17, 15) is 10.2 Å². The van der Waals surface area contributed by atoms with Crippen molar-refractivity contribution in [2.75, 3.05) is 13.2 Å². The molecule has 2 atom stereocenters. The summed E-state index contributed by atoms with van der Waals surface area (Å²) in [7, 11) is 0. The van der Waals surface area contributed by atoms with Crippen LogP contribution in [0.4, 0.5) is 0 Å². The molecule has 96 valence electrons. The first kappa shape index (κ1) is 13.9. The molecule has 1 aliphatic carbocycles. The summed E-state index contributed by atoms with van der Waals surface area (Å²) in [5.41, 5.74) is -0.104. The number of aliphatic hydroxyl groups excluding tert-OH is 2. The van der Waals surface area contributed by atoms with Crippen LogP contribution in [0, 0.1) is 11.3 Å². The Morgan fingerprint density at radius 1 is 1.31 bits per heavy atom. The lowest BCUT2D eigenvalue weighted by molar-refractivity contribution is 0.0622. The first-order chi connectivity index (χ1) is 7.32. The van der Waals surface area contributed by atoms with Crippen LogP contribution in [0.25, 0.3) is 0 Å². The Kier molecular flexibility index (Phi) is 4.38. The second-order valence-corrected chi connectivity index (χ2v) is 6.51. The zero-order chi connectivity index (χ0) is 12.4. The Morgan fingerprint density at radius 2 is 1.88 bits per heavy atom. The van der Waals surface area contributed by atoms with Crippen molar-refractivity contribution in [2.45, 2.75) is 58.5 Å². The third-order valence-electron chi connectivity index (χ3n) is 3.93. The molecule has 0 bridgehead atoms. The molecule has 16 heavy (non-hydrogen) atoms. The highest BCUT2D eigenvalue weighted by molar-refractivity contribution is 4.92. The van der Waals surface area contributed by atoms with Crippen LogP contribution in [-0.4, -0.2) is 35.0 Å². The van der Waals surface area contributed by atoms with Crippen molar-refractivity contribution >= 4 is 0 Å². The average molecular weight is 229 g/mol. The fourth-order valence-corrected chi connectivity index (χ4v) is 2.75. The maximum absolute atomic E-state index is 9.28. The third-order valence-corrected chi connectivity index (χ3v) is 3.93. The molecule has 3 nitrogen and oxygen atoms in total. The van der Waals surface area contributed by atoms with Gasteiger partial charge in [0.25, 0.3) is 0 Å². The van der Waals surface area contributed by atoms with Crippen LogP contribution in [0.3, 0.4) is 0 Å². The van der Waals surface area contributed by atoms with Gasteiger partial charge in [0.2, 0.25) is 0 Å². The minimum Gasteiger partial charge on any atom is -0.394 e. The monoisotopic (exact) mass is 229 g/mol. The molecule has 3 heteroatoms. The van der Waals surface area contributed by atoms with Crippen molar-refractivity contribution < 1.29 is 10.2 Å². The molecule has 1 rings (SSSR count). The number of aliphatic hydroxyl groups is 2. The van der Waals surface area contributed by atoms with E-state index in [1.165, 1.54) is 12.8 Å². The summed E-state index contributed by atoms with van der Waals surface area (Å²) in [5, 5.41) is 22.0. The minimum atomic E-state index is -0.541. The molecular weight excluding hydrogens is 202 g/mol. The van der Waals surface area contributed by atoms with Gasteiger partial charge in [0.15, 0.2) is 0 Å². The first-order valence-corrected chi connectivity index (χ1v) is 6.31. The molecule has 0 spiro atoms. The first-order valence-electron chi connectivity index (χ1n) is 6.31. The van der Waals surface area contributed by atoms with E-state index in [4.69, 9.17) is 0 Å². The molecule has 2 unspecified atom stereocenters. The van der Waals surface area contributed by atoms with Gasteiger partial charge in [-0.1, -0.05) is 20.8 Å². The molecule has 1 fully saturated rings. The third kappa shape index (κ3) is 3.44. The Morgan fingerprint density at radius 3 is 2.31 bits per heavy atom. The Balaban J connectivity index is 2.56. The lowest BCUT2D eigenvalue weighted by atomic mass is 9.70. The highest BCUT2D eigenvalue weighted by Gasteiger charge is 2.35. The minimum absolute atomic E-state index is 0.0177. The van der Waals surface area contributed by atoms with Gasteiger partial charge in [-0.3, -0.25) is 0 Å². The summed E-state index contributed by atoms with van der Waals surface area (Å²) in [5.74, 6) is 0.598. The number of hydrogen-bond donors (Lipinski definition) is 3. The van der Waals surface area contributed by atoms with Gasteiger partial charge in [-0.05, 0) is 37.5 Å². The zero-order valence-electron chi connectivity index (χ0n) is 11.1. The van der Waals surface area contributed by atoms with E-state index in [1.807, 2.05) is 6.92 Å². The molecular formula is C13H27NO2. The SMILES string of the molecule is CC1CC(C)(C)CCC1NC(C)(CO)CO. The van der Waals surface area contributed by atoms with E-state index in [0.717, 1.165) is 6.42 Å². The van der Waals surface area contributed by atoms with E-state index in [0.29, 0.717) is 17.4 Å². The Bertz CT molecular complexity index is 224. The van der Waals surface area contributed by atoms with Gasteiger partial charge in [0.1, 0.15) is 0 Å². The molecule has 0 amide bonds. The largest absolute Gasteiger partial charge is 0.394 e. The molecule has 1 saturated carbocycles. The molecule has 3 N–H and O–H groups in total. The van der Waals surface area contributed by atoms with E-state index < -0.39 is 5.54 Å². The van der Waals surface area contributed by atoms with Crippen molar-refractivity contribution in [2.24, 2.45) is 11.3 Å². The summed E-state index contributed by atoms with van der Waals surface area (Å²) >= 11 is 0. The standard InChI is InChI=1S/C13H27NO2/c1-10-7-12(2,3)6-5-11(10)14-13(4,8-15)9-16/h10-11,14-16H,5-9H2,1-4H3. The van der Waals surface area contributed by atoms with Gasteiger partial charge in [-0.15, -0.1) is 0 Å². The topological polar surface area (TPSA) is 52.5 Å². The van der Waals surface area contributed by atoms with Crippen molar-refractivity contribution in [1.82, 2.24) is 5.32 Å². The van der Waals surface area contributed by atoms with Crippen LogP contribution in [0.15, 0.2) is 0 Å². The molecule has 0 heterocycles. The Labute approximate surface area is 99.3 Å². The van der Waals surface area contributed by atoms with Gasteiger partial charge in [-0.2, -0.15) is 0 Å². The predicted molar refractivity (Wildman–Crippen MR) is 66.3 cm³/mol. The van der Waals surface area contributed by atoms with E-state index >= 15 is 0 Å². The van der Waals surface area contributed by atoms with Crippen LogP contribution in [0.2, 0.25) is 0 Å². The second kappa shape index (κ2) is 5.03. The quantitative estimate of drug-likeness (QED) is 0.685. The predicted octanol–water partition coefficient (Wildman–Crippen LogP) is 1.53. The number of hydrogen-bond acceptors (Lipinski definition) is 3. The molecule has 1 aliphatic rings. The van der Waals surface area contributed by atoms with Crippen molar-refractivity contribution in [3.05, 3.63) is 0 Å². The fraction of sp³-hybridized carbons (Fsp3) is 1.00. The van der Waals surface area contributed by atoms with E-state index in [2.05, 4.69) is 26.1 Å².